The minimum atomic E-state index is -0.167. The van der Waals surface area contributed by atoms with Crippen LogP contribution >= 0.6 is 0 Å². The van der Waals surface area contributed by atoms with E-state index in [1.54, 1.807) is 32.9 Å². The highest BCUT2D eigenvalue weighted by Crippen LogP contribution is 1.91. The number of rotatable bonds is 1. The Morgan fingerprint density at radius 3 is 1.80 bits per heavy atom. The zero-order chi connectivity index (χ0) is 12.1. The first-order valence-corrected chi connectivity index (χ1v) is 4.87. The molecular weight excluding hydrogens is 192 g/mol. The average molecular weight is 212 g/mol. The van der Waals surface area contributed by atoms with Gasteiger partial charge in [-0.15, -0.1) is 0 Å². The standard InChI is InChI=1S/C7H6O.C3H8O.C2H6O/c8-6-7-4-2-1-3-5-7;1-3(2)4;1-2-3/h1-6H;3-4H,1-2H3;3H,2H2,1H3. The highest BCUT2D eigenvalue weighted by Gasteiger charge is 1.80. The molecule has 0 atom stereocenters. The van der Waals surface area contributed by atoms with E-state index in [1.165, 1.54) is 0 Å². The van der Waals surface area contributed by atoms with Crippen LogP contribution in [0.5, 0.6) is 0 Å². The minimum absolute atomic E-state index is 0.167. The largest absolute Gasteiger partial charge is 0.397 e. The lowest BCUT2D eigenvalue weighted by molar-refractivity contribution is 0.112. The molecule has 0 aliphatic rings. The number of aliphatic hydroxyl groups excluding tert-OH is 2. The van der Waals surface area contributed by atoms with Gasteiger partial charge in [0, 0.05) is 18.3 Å². The molecule has 0 unspecified atom stereocenters. The highest BCUT2D eigenvalue weighted by molar-refractivity contribution is 5.74. The molecule has 0 saturated carbocycles. The third-order valence-corrected chi connectivity index (χ3v) is 0.936. The number of aldehydes is 1. The van der Waals surface area contributed by atoms with Gasteiger partial charge in [-0.05, 0) is 20.8 Å². The third kappa shape index (κ3) is 19.3. The lowest BCUT2D eigenvalue weighted by Crippen LogP contribution is -1.85. The number of aliphatic hydroxyl groups is 2. The van der Waals surface area contributed by atoms with E-state index < -0.39 is 0 Å². The van der Waals surface area contributed by atoms with E-state index in [9.17, 15) is 4.79 Å². The molecule has 86 valence electrons. The second kappa shape index (κ2) is 12.8. The van der Waals surface area contributed by atoms with Crippen molar-refractivity contribution in [2.45, 2.75) is 26.9 Å². The molecule has 1 aromatic rings. The van der Waals surface area contributed by atoms with Crippen molar-refractivity contribution >= 4 is 6.29 Å². The van der Waals surface area contributed by atoms with E-state index in [0.717, 1.165) is 11.8 Å². The summed E-state index contributed by atoms with van der Waals surface area (Å²) in [7, 11) is 0. The van der Waals surface area contributed by atoms with Gasteiger partial charge in [-0.3, -0.25) is 4.79 Å². The lowest BCUT2D eigenvalue weighted by Gasteiger charge is -1.81. The molecule has 1 aromatic carbocycles. The van der Waals surface area contributed by atoms with E-state index in [1.807, 2.05) is 18.2 Å². The second-order valence-electron chi connectivity index (χ2n) is 2.94. The Balaban J connectivity index is 0. The summed E-state index contributed by atoms with van der Waals surface area (Å²) >= 11 is 0. The fourth-order valence-electron chi connectivity index (χ4n) is 0.532. The fourth-order valence-corrected chi connectivity index (χ4v) is 0.532. The topological polar surface area (TPSA) is 57.5 Å². The van der Waals surface area contributed by atoms with Gasteiger partial charge in [0.1, 0.15) is 6.29 Å². The van der Waals surface area contributed by atoms with Crippen molar-refractivity contribution in [1.29, 1.82) is 0 Å². The van der Waals surface area contributed by atoms with Crippen LogP contribution in [-0.4, -0.2) is 29.2 Å². The summed E-state index contributed by atoms with van der Waals surface area (Å²) in [6.07, 6.45) is 0.667. The van der Waals surface area contributed by atoms with Crippen molar-refractivity contribution in [2.24, 2.45) is 0 Å². The van der Waals surface area contributed by atoms with Crippen LogP contribution in [-0.2, 0) is 0 Å². The molecule has 0 bridgehead atoms. The maximum absolute atomic E-state index is 10.0. The minimum Gasteiger partial charge on any atom is -0.397 e. The van der Waals surface area contributed by atoms with Crippen LogP contribution in [0.1, 0.15) is 31.1 Å². The highest BCUT2D eigenvalue weighted by atomic mass is 16.3. The summed E-state index contributed by atoms with van der Waals surface area (Å²) < 4.78 is 0. The normalized spacial score (nSPS) is 8.13. The van der Waals surface area contributed by atoms with Crippen molar-refractivity contribution in [2.75, 3.05) is 6.61 Å². The molecule has 1 rings (SSSR count). The summed E-state index contributed by atoms with van der Waals surface area (Å²) in [5.74, 6) is 0. The molecule has 0 radical (unpaired) electrons. The Labute approximate surface area is 91.4 Å². The molecule has 2 N–H and O–H groups in total. The summed E-state index contributed by atoms with van der Waals surface area (Å²) in [6.45, 7) is 5.38. The Kier molecular flexibility index (Phi) is 13.9. The lowest BCUT2D eigenvalue weighted by atomic mass is 10.2. The molecule has 0 aliphatic carbocycles. The van der Waals surface area contributed by atoms with E-state index >= 15 is 0 Å². The molecule has 3 nitrogen and oxygen atoms in total. The van der Waals surface area contributed by atoms with Gasteiger partial charge >= 0.3 is 0 Å². The van der Waals surface area contributed by atoms with Crippen LogP contribution in [0, 0.1) is 0 Å². The Morgan fingerprint density at radius 2 is 1.60 bits per heavy atom. The monoisotopic (exact) mass is 212 g/mol. The third-order valence-electron chi connectivity index (χ3n) is 0.936. The van der Waals surface area contributed by atoms with Crippen LogP contribution in [0.4, 0.5) is 0 Å². The van der Waals surface area contributed by atoms with Gasteiger partial charge in [0.2, 0.25) is 0 Å². The molecule has 0 amide bonds. The second-order valence-corrected chi connectivity index (χ2v) is 2.94. The molecule has 0 aliphatic heterocycles. The Bertz CT molecular complexity index is 217. The van der Waals surface area contributed by atoms with E-state index in [2.05, 4.69) is 0 Å². The molecule has 0 aromatic heterocycles. The Morgan fingerprint density at radius 1 is 1.27 bits per heavy atom. The number of hydrogen-bond donors (Lipinski definition) is 2. The summed E-state index contributed by atoms with van der Waals surface area (Å²) in [5, 5.41) is 15.6. The van der Waals surface area contributed by atoms with Crippen LogP contribution in [0.15, 0.2) is 30.3 Å². The van der Waals surface area contributed by atoms with Crippen LogP contribution < -0.4 is 0 Å². The first-order chi connectivity index (χ1) is 7.08. The Hall–Kier alpha value is -1.19. The number of carbonyl (C=O) groups is 1. The van der Waals surface area contributed by atoms with Crippen molar-refractivity contribution in [3.8, 4) is 0 Å². The van der Waals surface area contributed by atoms with Gasteiger partial charge < -0.3 is 10.2 Å². The van der Waals surface area contributed by atoms with Gasteiger partial charge in [0.25, 0.3) is 0 Å². The zero-order valence-corrected chi connectivity index (χ0v) is 9.55. The van der Waals surface area contributed by atoms with Crippen molar-refractivity contribution in [3.63, 3.8) is 0 Å². The first kappa shape index (κ1) is 16.2. The van der Waals surface area contributed by atoms with Crippen LogP contribution in [0.3, 0.4) is 0 Å². The molecule has 0 saturated heterocycles. The average Bonchev–Trinajstić information content (AvgIpc) is 2.19. The van der Waals surface area contributed by atoms with E-state index in [4.69, 9.17) is 10.2 Å². The molecular formula is C12H20O3. The fraction of sp³-hybridized carbons (Fsp3) is 0.417. The van der Waals surface area contributed by atoms with Gasteiger partial charge in [-0.25, -0.2) is 0 Å². The first-order valence-electron chi connectivity index (χ1n) is 4.87. The smallest absolute Gasteiger partial charge is 0.150 e. The molecule has 15 heavy (non-hydrogen) atoms. The molecule has 3 heteroatoms. The quantitative estimate of drug-likeness (QED) is 0.699. The number of carbonyl (C=O) groups excluding carboxylic acids is 1. The molecule has 0 fully saturated rings. The predicted molar refractivity (Wildman–Crippen MR) is 61.9 cm³/mol. The predicted octanol–water partition coefficient (Wildman–Crippen LogP) is 1.88. The maximum Gasteiger partial charge on any atom is 0.150 e. The number of hydrogen-bond acceptors (Lipinski definition) is 3. The number of benzene rings is 1. The summed E-state index contributed by atoms with van der Waals surface area (Å²) in [6, 6.07) is 9.10. The summed E-state index contributed by atoms with van der Waals surface area (Å²) in [5.41, 5.74) is 0.729. The maximum atomic E-state index is 10.0. The van der Waals surface area contributed by atoms with Gasteiger partial charge in [-0.2, -0.15) is 0 Å². The molecule has 0 spiro atoms. The van der Waals surface area contributed by atoms with Crippen LogP contribution in [0.25, 0.3) is 0 Å². The van der Waals surface area contributed by atoms with Crippen molar-refractivity contribution < 1.29 is 15.0 Å². The zero-order valence-electron chi connectivity index (χ0n) is 9.55. The van der Waals surface area contributed by atoms with Gasteiger partial charge in [0.15, 0.2) is 0 Å². The molecule has 0 heterocycles. The SMILES string of the molecule is CC(C)O.CCO.O=Cc1ccccc1. The van der Waals surface area contributed by atoms with Crippen LogP contribution in [0.2, 0.25) is 0 Å². The van der Waals surface area contributed by atoms with Gasteiger partial charge in [0.05, 0.1) is 0 Å². The van der Waals surface area contributed by atoms with Crippen molar-refractivity contribution in [1.82, 2.24) is 0 Å². The summed E-state index contributed by atoms with van der Waals surface area (Å²) in [4.78, 5) is 10.0. The van der Waals surface area contributed by atoms with Crippen molar-refractivity contribution in [3.05, 3.63) is 35.9 Å². The van der Waals surface area contributed by atoms with E-state index in [0.29, 0.717) is 0 Å². The van der Waals surface area contributed by atoms with Gasteiger partial charge in [-0.1, -0.05) is 30.3 Å². The van der Waals surface area contributed by atoms with E-state index in [-0.39, 0.29) is 12.7 Å².